The summed E-state index contributed by atoms with van der Waals surface area (Å²) in [5.41, 5.74) is 4.37. The minimum absolute atomic E-state index is 0.568. The zero-order valence-electron chi connectivity index (χ0n) is 12.9. The number of aromatic nitrogens is 3. The molecule has 1 saturated carbocycles. The van der Waals surface area contributed by atoms with E-state index < -0.39 is 0 Å². The van der Waals surface area contributed by atoms with Gasteiger partial charge in [-0.05, 0) is 52.9 Å². The van der Waals surface area contributed by atoms with Gasteiger partial charge in [-0.15, -0.1) is 0 Å². The zero-order chi connectivity index (χ0) is 15.8. The third-order valence-corrected chi connectivity index (χ3v) is 4.71. The lowest BCUT2D eigenvalue weighted by Crippen LogP contribution is -2.14. The molecular formula is C18H17BrN4. The summed E-state index contributed by atoms with van der Waals surface area (Å²) in [5.74, 6) is 0. The van der Waals surface area contributed by atoms with Crippen molar-refractivity contribution in [2.45, 2.75) is 32.4 Å². The molecule has 0 bridgehead atoms. The van der Waals surface area contributed by atoms with E-state index in [1.165, 1.54) is 24.0 Å². The number of fused-ring (bicyclic) bond motifs is 1. The van der Waals surface area contributed by atoms with Crippen molar-refractivity contribution in [3.8, 4) is 0 Å². The van der Waals surface area contributed by atoms with E-state index in [1.54, 1.807) is 0 Å². The lowest BCUT2D eigenvalue weighted by Gasteiger charge is -2.09. The van der Waals surface area contributed by atoms with Crippen molar-refractivity contribution in [3.05, 3.63) is 64.1 Å². The minimum Gasteiger partial charge on any atom is -0.327 e. The van der Waals surface area contributed by atoms with Crippen molar-refractivity contribution >= 4 is 26.8 Å². The molecule has 0 N–H and O–H groups in total. The molecule has 0 spiro atoms. The van der Waals surface area contributed by atoms with Crippen LogP contribution >= 0.6 is 15.9 Å². The highest BCUT2D eigenvalue weighted by Crippen LogP contribution is 2.36. The quantitative estimate of drug-likeness (QED) is 0.657. The van der Waals surface area contributed by atoms with Gasteiger partial charge in [0.25, 0.3) is 0 Å². The number of rotatable bonds is 3. The standard InChI is InChI=1S/C18H17BrN4/c1-12-4-2-3-5-13(12)9-21-18-15-8-17(19)20-10-16(15)23(11-22-18)14-6-7-14/h2-5,8,10-11,14H,6-7,9H2,1H3/b21-18-. The maximum Gasteiger partial charge on any atom is 0.158 e. The molecule has 1 aliphatic rings. The third-order valence-electron chi connectivity index (χ3n) is 4.27. The molecule has 1 aromatic carbocycles. The van der Waals surface area contributed by atoms with E-state index in [9.17, 15) is 0 Å². The van der Waals surface area contributed by atoms with Crippen LogP contribution in [0.4, 0.5) is 0 Å². The SMILES string of the molecule is Cc1ccccc1C/N=c1\ncn(C2CC2)c2cnc(Br)cc12. The molecule has 0 saturated heterocycles. The number of hydrogen-bond acceptors (Lipinski definition) is 3. The lowest BCUT2D eigenvalue weighted by molar-refractivity contribution is 0.738. The predicted octanol–water partition coefficient (Wildman–Crippen LogP) is 3.94. The van der Waals surface area contributed by atoms with Gasteiger partial charge in [0.1, 0.15) is 4.60 Å². The zero-order valence-corrected chi connectivity index (χ0v) is 14.5. The van der Waals surface area contributed by atoms with Crippen molar-refractivity contribution in [2.75, 3.05) is 0 Å². The van der Waals surface area contributed by atoms with E-state index in [1.807, 2.05) is 18.6 Å². The molecule has 116 valence electrons. The molecule has 5 heteroatoms. The van der Waals surface area contributed by atoms with E-state index in [4.69, 9.17) is 4.99 Å². The average Bonchev–Trinajstić information content (AvgIpc) is 3.38. The second kappa shape index (κ2) is 5.89. The van der Waals surface area contributed by atoms with Crippen molar-refractivity contribution in [1.29, 1.82) is 0 Å². The third kappa shape index (κ3) is 2.93. The Morgan fingerprint density at radius 3 is 2.87 bits per heavy atom. The number of pyridine rings is 1. The van der Waals surface area contributed by atoms with E-state index in [0.29, 0.717) is 12.6 Å². The van der Waals surface area contributed by atoms with Crippen molar-refractivity contribution < 1.29 is 0 Å². The molecular weight excluding hydrogens is 352 g/mol. The second-order valence-corrected chi connectivity index (χ2v) is 6.79. The predicted molar refractivity (Wildman–Crippen MR) is 93.9 cm³/mol. The number of aryl methyl sites for hydroxylation is 1. The van der Waals surface area contributed by atoms with Gasteiger partial charge < -0.3 is 4.57 Å². The average molecular weight is 369 g/mol. The normalized spacial score (nSPS) is 15.3. The summed E-state index contributed by atoms with van der Waals surface area (Å²) in [6, 6.07) is 10.9. The fourth-order valence-corrected chi connectivity index (χ4v) is 3.10. The van der Waals surface area contributed by atoms with Gasteiger partial charge in [-0.3, -0.25) is 4.99 Å². The Morgan fingerprint density at radius 1 is 1.26 bits per heavy atom. The molecule has 0 atom stereocenters. The van der Waals surface area contributed by atoms with Crippen LogP contribution in [0.25, 0.3) is 10.9 Å². The van der Waals surface area contributed by atoms with Crippen LogP contribution in [0.1, 0.15) is 30.0 Å². The first kappa shape index (κ1) is 14.6. The molecule has 1 aliphatic carbocycles. The van der Waals surface area contributed by atoms with Crippen molar-refractivity contribution in [1.82, 2.24) is 14.5 Å². The first-order valence-electron chi connectivity index (χ1n) is 7.80. The van der Waals surface area contributed by atoms with E-state index in [0.717, 1.165) is 21.0 Å². The van der Waals surface area contributed by atoms with Gasteiger partial charge >= 0.3 is 0 Å². The Labute approximate surface area is 143 Å². The number of hydrogen-bond donors (Lipinski definition) is 0. The highest BCUT2D eigenvalue weighted by molar-refractivity contribution is 9.10. The van der Waals surface area contributed by atoms with Crippen LogP contribution in [-0.4, -0.2) is 14.5 Å². The smallest absolute Gasteiger partial charge is 0.158 e. The highest BCUT2D eigenvalue weighted by Gasteiger charge is 2.24. The van der Waals surface area contributed by atoms with Gasteiger partial charge in [-0.25, -0.2) is 9.97 Å². The number of nitrogens with zero attached hydrogens (tertiary/aromatic N) is 4. The van der Waals surface area contributed by atoms with E-state index >= 15 is 0 Å². The summed E-state index contributed by atoms with van der Waals surface area (Å²) in [4.78, 5) is 13.7. The maximum atomic E-state index is 4.75. The summed E-state index contributed by atoms with van der Waals surface area (Å²) in [6.07, 6.45) is 6.26. The van der Waals surface area contributed by atoms with Crippen LogP contribution in [0.3, 0.4) is 0 Å². The molecule has 0 radical (unpaired) electrons. The summed E-state index contributed by atoms with van der Waals surface area (Å²) in [6.45, 7) is 2.76. The molecule has 1 fully saturated rings. The van der Waals surface area contributed by atoms with Crippen molar-refractivity contribution in [3.63, 3.8) is 0 Å². The first-order chi connectivity index (χ1) is 11.2. The molecule has 2 aromatic heterocycles. The number of benzene rings is 1. The van der Waals surface area contributed by atoms with E-state index in [2.05, 4.69) is 61.7 Å². The molecule has 23 heavy (non-hydrogen) atoms. The largest absolute Gasteiger partial charge is 0.327 e. The Morgan fingerprint density at radius 2 is 2.09 bits per heavy atom. The summed E-state index contributed by atoms with van der Waals surface area (Å²) in [7, 11) is 0. The molecule has 0 unspecified atom stereocenters. The monoisotopic (exact) mass is 368 g/mol. The Bertz CT molecular complexity index is 941. The highest BCUT2D eigenvalue weighted by atomic mass is 79.9. The van der Waals surface area contributed by atoms with Gasteiger partial charge in [-0.1, -0.05) is 24.3 Å². The number of halogens is 1. The van der Waals surface area contributed by atoms with Gasteiger partial charge in [0.15, 0.2) is 5.49 Å². The first-order valence-corrected chi connectivity index (χ1v) is 8.59. The molecule has 4 nitrogen and oxygen atoms in total. The second-order valence-electron chi connectivity index (χ2n) is 5.97. The molecule has 0 amide bonds. The van der Waals surface area contributed by atoms with Crippen LogP contribution in [0.2, 0.25) is 0 Å². The summed E-state index contributed by atoms with van der Waals surface area (Å²) >= 11 is 3.46. The fourth-order valence-electron chi connectivity index (χ4n) is 2.77. The van der Waals surface area contributed by atoms with Gasteiger partial charge in [0, 0.05) is 11.4 Å². The summed E-state index contributed by atoms with van der Waals surface area (Å²) < 4.78 is 3.04. The molecule has 2 heterocycles. The van der Waals surface area contributed by atoms with Gasteiger partial charge in [-0.2, -0.15) is 0 Å². The molecule has 0 aliphatic heterocycles. The molecule has 4 rings (SSSR count). The topological polar surface area (TPSA) is 43.1 Å². The van der Waals surface area contributed by atoms with Crippen LogP contribution < -0.4 is 5.49 Å². The fraction of sp³-hybridized carbons (Fsp3) is 0.278. The Kier molecular flexibility index (Phi) is 3.73. The minimum atomic E-state index is 0.568. The van der Waals surface area contributed by atoms with E-state index in [-0.39, 0.29) is 0 Å². The van der Waals surface area contributed by atoms with Crippen LogP contribution in [0, 0.1) is 6.92 Å². The Hall–Kier alpha value is -2.01. The summed E-state index contributed by atoms with van der Waals surface area (Å²) in [5, 5.41) is 1.05. The van der Waals surface area contributed by atoms with Crippen LogP contribution in [0.15, 0.2) is 52.5 Å². The van der Waals surface area contributed by atoms with Crippen molar-refractivity contribution in [2.24, 2.45) is 4.99 Å². The lowest BCUT2D eigenvalue weighted by atomic mass is 10.1. The van der Waals surface area contributed by atoms with Gasteiger partial charge in [0.05, 0.1) is 24.6 Å². The van der Waals surface area contributed by atoms with Crippen LogP contribution in [0.5, 0.6) is 0 Å². The maximum absolute atomic E-state index is 4.75. The Balaban J connectivity index is 1.83. The van der Waals surface area contributed by atoms with Gasteiger partial charge in [0.2, 0.25) is 0 Å². The molecule has 3 aromatic rings. The van der Waals surface area contributed by atoms with Crippen LogP contribution in [-0.2, 0) is 6.54 Å².